The zero-order valence-electron chi connectivity index (χ0n) is 15.7. The van der Waals surface area contributed by atoms with E-state index in [2.05, 4.69) is 5.32 Å². The zero-order valence-corrected chi connectivity index (χ0v) is 15.7. The zero-order chi connectivity index (χ0) is 20.7. The molecule has 0 aliphatic rings. The molecule has 0 saturated carbocycles. The van der Waals surface area contributed by atoms with E-state index in [1.807, 2.05) is 0 Å². The number of methoxy groups -OCH3 is 1. The minimum Gasteiger partial charge on any atom is -0.497 e. The van der Waals surface area contributed by atoms with E-state index in [9.17, 15) is 19.7 Å². The van der Waals surface area contributed by atoms with Crippen LogP contribution in [0.2, 0.25) is 0 Å². The molecule has 2 amide bonds. The van der Waals surface area contributed by atoms with Crippen LogP contribution in [0.4, 0.5) is 17.1 Å². The summed E-state index contributed by atoms with van der Waals surface area (Å²) < 4.78 is 5.12. The van der Waals surface area contributed by atoms with Crippen LogP contribution in [-0.4, -0.2) is 36.9 Å². The van der Waals surface area contributed by atoms with Gasteiger partial charge in [0.05, 0.1) is 18.6 Å². The van der Waals surface area contributed by atoms with E-state index in [1.54, 1.807) is 49.3 Å². The van der Waals surface area contributed by atoms with Crippen molar-refractivity contribution in [2.75, 3.05) is 30.4 Å². The average Bonchev–Trinajstić information content (AvgIpc) is 2.66. The fraction of sp³-hybridized carbons (Fsp3) is 0.263. The van der Waals surface area contributed by atoms with Crippen molar-refractivity contribution in [3.05, 3.63) is 58.1 Å². The quantitative estimate of drug-likeness (QED) is 0.502. The number of hydrogen-bond donors (Lipinski definition) is 2. The fourth-order valence-corrected chi connectivity index (χ4v) is 2.60. The molecule has 0 aromatic heterocycles. The van der Waals surface area contributed by atoms with Gasteiger partial charge in [-0.15, -0.1) is 0 Å². The first-order chi connectivity index (χ1) is 13.3. The molecule has 9 heteroatoms. The van der Waals surface area contributed by atoms with Crippen LogP contribution in [0.5, 0.6) is 5.75 Å². The summed E-state index contributed by atoms with van der Waals surface area (Å²) in [7, 11) is 1.54. The maximum atomic E-state index is 12.5. The molecule has 0 spiro atoms. The number of hydrogen-bond acceptors (Lipinski definition) is 6. The monoisotopic (exact) mass is 386 g/mol. The summed E-state index contributed by atoms with van der Waals surface area (Å²) in [6, 6.07) is 11.5. The Hall–Kier alpha value is -3.62. The van der Waals surface area contributed by atoms with Gasteiger partial charge in [0, 0.05) is 24.7 Å². The molecular formula is C19H22N4O5. The Kier molecular flexibility index (Phi) is 6.91. The summed E-state index contributed by atoms with van der Waals surface area (Å²) in [5, 5.41) is 13.8. The number of carbonyl (C=O) groups excluding carboxylic acids is 2. The molecule has 0 unspecified atom stereocenters. The standard InChI is InChI=1S/C19H22N4O5/c1-13-3-8-16(17(11-13)23(26)27)21-19(25)12-22(10-9-18(20)24)14-4-6-15(28-2)7-5-14/h3-8,11H,9-10,12H2,1-2H3,(H2,20,24)(H,21,25). The van der Waals surface area contributed by atoms with Gasteiger partial charge in [-0.3, -0.25) is 19.7 Å². The third kappa shape index (κ3) is 5.70. The smallest absolute Gasteiger partial charge is 0.293 e. The van der Waals surface area contributed by atoms with Gasteiger partial charge in [0.2, 0.25) is 11.8 Å². The van der Waals surface area contributed by atoms with Gasteiger partial charge in [0.25, 0.3) is 5.69 Å². The number of aryl methyl sites for hydroxylation is 1. The fourth-order valence-electron chi connectivity index (χ4n) is 2.60. The molecule has 0 radical (unpaired) electrons. The summed E-state index contributed by atoms with van der Waals surface area (Å²) in [6.07, 6.45) is 0.0595. The summed E-state index contributed by atoms with van der Waals surface area (Å²) in [6.45, 7) is 1.85. The molecule has 2 rings (SSSR count). The normalized spacial score (nSPS) is 10.2. The van der Waals surface area contributed by atoms with Crippen molar-refractivity contribution in [1.29, 1.82) is 0 Å². The third-order valence-electron chi connectivity index (χ3n) is 4.02. The highest BCUT2D eigenvalue weighted by atomic mass is 16.6. The van der Waals surface area contributed by atoms with E-state index >= 15 is 0 Å². The maximum absolute atomic E-state index is 12.5. The van der Waals surface area contributed by atoms with Gasteiger partial charge in [-0.05, 0) is 42.8 Å². The van der Waals surface area contributed by atoms with E-state index in [0.717, 1.165) is 0 Å². The lowest BCUT2D eigenvalue weighted by atomic mass is 10.2. The van der Waals surface area contributed by atoms with Crippen molar-refractivity contribution >= 4 is 28.9 Å². The minimum absolute atomic E-state index is 0.0595. The van der Waals surface area contributed by atoms with E-state index < -0.39 is 16.7 Å². The number of carbonyl (C=O) groups is 2. The number of amides is 2. The molecule has 148 valence electrons. The first-order valence-electron chi connectivity index (χ1n) is 8.52. The van der Waals surface area contributed by atoms with Crippen molar-refractivity contribution < 1.29 is 19.2 Å². The van der Waals surface area contributed by atoms with Crippen LogP contribution >= 0.6 is 0 Å². The predicted molar refractivity (Wildman–Crippen MR) is 105 cm³/mol. The van der Waals surface area contributed by atoms with Gasteiger partial charge in [0.1, 0.15) is 11.4 Å². The van der Waals surface area contributed by atoms with Crippen molar-refractivity contribution in [2.24, 2.45) is 5.73 Å². The summed E-state index contributed by atoms with van der Waals surface area (Å²) in [4.78, 5) is 36.0. The molecular weight excluding hydrogens is 364 g/mol. The van der Waals surface area contributed by atoms with Gasteiger partial charge < -0.3 is 20.7 Å². The van der Waals surface area contributed by atoms with Crippen molar-refractivity contribution in [1.82, 2.24) is 0 Å². The Morgan fingerprint density at radius 2 is 1.89 bits per heavy atom. The van der Waals surface area contributed by atoms with Crippen LogP contribution in [-0.2, 0) is 9.59 Å². The number of ether oxygens (including phenoxy) is 1. The Morgan fingerprint density at radius 3 is 2.46 bits per heavy atom. The highest BCUT2D eigenvalue weighted by molar-refractivity contribution is 5.96. The highest BCUT2D eigenvalue weighted by Crippen LogP contribution is 2.25. The van der Waals surface area contributed by atoms with Crippen LogP contribution in [0.3, 0.4) is 0 Å². The number of primary amides is 1. The van der Waals surface area contributed by atoms with Gasteiger partial charge in [-0.1, -0.05) is 6.07 Å². The Bertz CT molecular complexity index is 867. The second-order valence-electron chi connectivity index (χ2n) is 6.16. The maximum Gasteiger partial charge on any atom is 0.293 e. The van der Waals surface area contributed by atoms with Gasteiger partial charge in [-0.25, -0.2) is 0 Å². The largest absolute Gasteiger partial charge is 0.497 e. The van der Waals surface area contributed by atoms with E-state index in [4.69, 9.17) is 10.5 Å². The summed E-state index contributed by atoms with van der Waals surface area (Å²) in [5.41, 5.74) is 6.57. The summed E-state index contributed by atoms with van der Waals surface area (Å²) in [5.74, 6) is -0.293. The first-order valence-corrected chi connectivity index (χ1v) is 8.52. The molecule has 0 fully saturated rings. The van der Waals surface area contributed by atoms with Crippen LogP contribution in [0.15, 0.2) is 42.5 Å². The Balaban J connectivity index is 2.17. The van der Waals surface area contributed by atoms with Gasteiger partial charge in [-0.2, -0.15) is 0 Å². The van der Waals surface area contributed by atoms with Crippen molar-refractivity contribution in [3.63, 3.8) is 0 Å². The van der Waals surface area contributed by atoms with Crippen LogP contribution < -0.4 is 20.7 Å². The molecule has 3 N–H and O–H groups in total. The number of benzene rings is 2. The minimum atomic E-state index is -0.545. The molecule has 0 atom stereocenters. The van der Waals surface area contributed by atoms with E-state index in [1.165, 1.54) is 12.1 Å². The number of nitro groups is 1. The molecule has 0 bridgehead atoms. The van der Waals surface area contributed by atoms with Crippen molar-refractivity contribution in [2.45, 2.75) is 13.3 Å². The lowest BCUT2D eigenvalue weighted by Gasteiger charge is -2.24. The molecule has 0 heterocycles. The van der Waals surface area contributed by atoms with Crippen LogP contribution in [0.1, 0.15) is 12.0 Å². The van der Waals surface area contributed by atoms with Crippen molar-refractivity contribution in [3.8, 4) is 5.75 Å². The number of rotatable bonds is 9. The topological polar surface area (TPSA) is 128 Å². The molecule has 2 aromatic carbocycles. The number of nitrogens with two attached hydrogens (primary N) is 1. The molecule has 0 aliphatic carbocycles. The SMILES string of the molecule is COc1ccc(N(CCC(N)=O)CC(=O)Nc2ccc(C)cc2[N+](=O)[O-])cc1. The molecule has 0 aliphatic heterocycles. The summed E-state index contributed by atoms with van der Waals surface area (Å²) >= 11 is 0. The molecule has 0 saturated heterocycles. The number of anilines is 2. The average molecular weight is 386 g/mol. The molecule has 28 heavy (non-hydrogen) atoms. The first kappa shape index (κ1) is 20.7. The Labute approximate surface area is 162 Å². The molecule has 2 aromatic rings. The highest BCUT2D eigenvalue weighted by Gasteiger charge is 2.18. The van der Waals surface area contributed by atoms with E-state index in [0.29, 0.717) is 17.0 Å². The van der Waals surface area contributed by atoms with Crippen LogP contribution in [0, 0.1) is 17.0 Å². The number of nitrogens with one attached hydrogen (secondary N) is 1. The molecule has 9 nitrogen and oxygen atoms in total. The second-order valence-corrected chi connectivity index (χ2v) is 6.16. The predicted octanol–water partition coefficient (Wildman–Crippen LogP) is 2.23. The Morgan fingerprint density at radius 1 is 1.21 bits per heavy atom. The van der Waals surface area contributed by atoms with Gasteiger partial charge >= 0.3 is 0 Å². The number of nitro benzene ring substituents is 1. The second kappa shape index (κ2) is 9.36. The lowest BCUT2D eigenvalue weighted by Crippen LogP contribution is -2.35. The van der Waals surface area contributed by atoms with Gasteiger partial charge in [0.15, 0.2) is 0 Å². The van der Waals surface area contributed by atoms with E-state index in [-0.39, 0.29) is 30.9 Å². The third-order valence-corrected chi connectivity index (χ3v) is 4.02. The van der Waals surface area contributed by atoms with Crippen LogP contribution in [0.25, 0.3) is 0 Å². The lowest BCUT2D eigenvalue weighted by molar-refractivity contribution is -0.384. The number of nitrogens with zero attached hydrogens (tertiary/aromatic N) is 2.